The Bertz CT molecular complexity index is 246. The first-order chi connectivity index (χ1) is 6.24. The fraction of sp³-hybridized carbons (Fsp3) is 0.500. The van der Waals surface area contributed by atoms with E-state index < -0.39 is 0 Å². The number of hydrogen-bond donors (Lipinski definition) is 0. The molecule has 0 saturated heterocycles. The predicted molar refractivity (Wildman–Crippen MR) is 60.3 cm³/mol. The van der Waals surface area contributed by atoms with Gasteiger partial charge in [-0.2, -0.15) is 7.05 Å². The molecule has 0 aliphatic carbocycles. The molecule has 0 fully saturated rings. The molecule has 0 spiro atoms. The molecule has 0 N–H and O–H groups in total. The van der Waals surface area contributed by atoms with Gasteiger partial charge in [-0.1, -0.05) is 43.2 Å². The average Bonchev–Trinajstić information content (AvgIpc) is 2.14. The average molecular weight is 264 g/mol. The van der Waals surface area contributed by atoms with Crippen LogP contribution in [0.25, 0.3) is 5.32 Å². The maximum Gasteiger partial charge on any atom is 1.00 e. The van der Waals surface area contributed by atoms with Crippen molar-refractivity contribution < 1.29 is 58.2 Å². The maximum atomic E-state index is 4.10. The van der Waals surface area contributed by atoms with Crippen LogP contribution in [-0.4, -0.2) is 7.05 Å². The molecule has 0 amide bonds. The standard InChI is InChI=1S/C10H14N.C2H6.Rb/c1-8-4-5-10(7-11-3)9(2)6-8;1-2;/h4-6H,7H2,1-3H3;1-2H3;/q-1;;+1. The minimum Gasteiger partial charge on any atom is -0.661 e. The molecule has 0 heterocycles. The third-order valence-corrected chi connectivity index (χ3v) is 1.83. The van der Waals surface area contributed by atoms with Crippen LogP contribution >= 0.6 is 0 Å². The second kappa shape index (κ2) is 10.5. The summed E-state index contributed by atoms with van der Waals surface area (Å²) in [5.41, 5.74) is 4.00. The summed E-state index contributed by atoms with van der Waals surface area (Å²) in [4.78, 5) is 0. The number of nitrogens with zero attached hydrogens (tertiary/aromatic N) is 1. The van der Waals surface area contributed by atoms with E-state index in [-0.39, 0.29) is 58.2 Å². The molecule has 0 unspecified atom stereocenters. The first kappa shape index (κ1) is 17.4. The Labute approximate surface area is 137 Å². The predicted octanol–water partition coefficient (Wildman–Crippen LogP) is 0.837. The van der Waals surface area contributed by atoms with Crippen LogP contribution in [0.3, 0.4) is 0 Å². The van der Waals surface area contributed by atoms with Crippen LogP contribution in [0.1, 0.15) is 30.5 Å². The quantitative estimate of drug-likeness (QED) is 0.751. The van der Waals surface area contributed by atoms with E-state index in [4.69, 9.17) is 0 Å². The third-order valence-electron chi connectivity index (χ3n) is 1.83. The second-order valence-electron chi connectivity index (χ2n) is 2.90. The van der Waals surface area contributed by atoms with Crippen molar-refractivity contribution in [1.29, 1.82) is 0 Å². The minimum atomic E-state index is 0. The zero-order chi connectivity index (χ0) is 10.3. The Balaban J connectivity index is 0. The summed E-state index contributed by atoms with van der Waals surface area (Å²) in [7, 11) is 1.85. The monoisotopic (exact) mass is 263 g/mol. The largest absolute Gasteiger partial charge is 1.00 e. The first-order valence-corrected chi connectivity index (χ1v) is 4.86. The fourth-order valence-electron chi connectivity index (χ4n) is 1.19. The van der Waals surface area contributed by atoms with E-state index >= 15 is 0 Å². The molecule has 1 nitrogen and oxygen atoms in total. The normalized spacial score (nSPS) is 8.36. The first-order valence-electron chi connectivity index (χ1n) is 4.86. The second-order valence-corrected chi connectivity index (χ2v) is 2.90. The van der Waals surface area contributed by atoms with Gasteiger partial charge in [0, 0.05) is 0 Å². The van der Waals surface area contributed by atoms with E-state index in [1.807, 2.05) is 20.9 Å². The van der Waals surface area contributed by atoms with Gasteiger partial charge in [0.15, 0.2) is 0 Å². The van der Waals surface area contributed by atoms with Crippen molar-refractivity contribution in [2.75, 3.05) is 7.05 Å². The van der Waals surface area contributed by atoms with Crippen molar-refractivity contribution in [1.82, 2.24) is 0 Å². The van der Waals surface area contributed by atoms with Gasteiger partial charge in [-0.25, -0.2) is 0 Å². The summed E-state index contributed by atoms with van der Waals surface area (Å²) in [6.45, 7) is 9.08. The molecule has 1 aromatic rings. The van der Waals surface area contributed by atoms with Gasteiger partial charge in [0.2, 0.25) is 0 Å². The Morgan fingerprint density at radius 2 is 1.71 bits per heavy atom. The number of hydrogen-bond acceptors (Lipinski definition) is 0. The summed E-state index contributed by atoms with van der Waals surface area (Å²) in [6, 6.07) is 6.48. The topological polar surface area (TPSA) is 14.1 Å². The number of aryl methyl sites for hydroxylation is 2. The van der Waals surface area contributed by atoms with Crippen molar-refractivity contribution in [3.63, 3.8) is 0 Å². The molecule has 1 rings (SSSR count). The van der Waals surface area contributed by atoms with Gasteiger partial charge in [-0.05, 0) is 19.4 Å². The smallest absolute Gasteiger partial charge is 0.661 e. The van der Waals surface area contributed by atoms with Crippen LogP contribution in [0, 0.1) is 13.8 Å². The minimum absolute atomic E-state index is 0. The van der Waals surface area contributed by atoms with Crippen LogP contribution in [-0.2, 0) is 6.54 Å². The summed E-state index contributed by atoms with van der Waals surface area (Å²) >= 11 is 0. The van der Waals surface area contributed by atoms with Crippen molar-refractivity contribution in [3.8, 4) is 0 Å². The van der Waals surface area contributed by atoms with Gasteiger partial charge in [-0.15, -0.1) is 6.54 Å². The van der Waals surface area contributed by atoms with Gasteiger partial charge < -0.3 is 5.32 Å². The fourth-order valence-corrected chi connectivity index (χ4v) is 1.19. The molecular formula is C12H20NRb. The summed E-state index contributed by atoms with van der Waals surface area (Å²) in [5, 5.41) is 4.10. The Morgan fingerprint density at radius 3 is 2.14 bits per heavy atom. The third kappa shape index (κ3) is 6.47. The van der Waals surface area contributed by atoms with Gasteiger partial charge in [0.05, 0.1) is 0 Å². The molecule has 0 atom stereocenters. The summed E-state index contributed by atoms with van der Waals surface area (Å²) in [6.07, 6.45) is 0. The van der Waals surface area contributed by atoms with Gasteiger partial charge in [0.1, 0.15) is 0 Å². The molecule has 0 bridgehead atoms. The van der Waals surface area contributed by atoms with E-state index in [1.165, 1.54) is 16.7 Å². The van der Waals surface area contributed by atoms with Crippen molar-refractivity contribution >= 4 is 0 Å². The Hall–Kier alpha value is 0.985. The molecule has 74 valence electrons. The zero-order valence-electron chi connectivity index (χ0n) is 10.4. The van der Waals surface area contributed by atoms with E-state index in [0.717, 1.165) is 6.54 Å². The van der Waals surface area contributed by atoms with Crippen LogP contribution in [0.15, 0.2) is 18.2 Å². The van der Waals surface area contributed by atoms with E-state index in [0.29, 0.717) is 0 Å². The number of benzene rings is 1. The van der Waals surface area contributed by atoms with Crippen molar-refractivity contribution in [2.24, 2.45) is 0 Å². The van der Waals surface area contributed by atoms with Crippen LogP contribution in [0.4, 0.5) is 0 Å². The molecule has 14 heavy (non-hydrogen) atoms. The molecule has 1 aromatic carbocycles. The maximum absolute atomic E-state index is 4.10. The van der Waals surface area contributed by atoms with Crippen molar-refractivity contribution in [3.05, 3.63) is 40.2 Å². The van der Waals surface area contributed by atoms with Gasteiger partial charge in [0.25, 0.3) is 0 Å². The van der Waals surface area contributed by atoms with Gasteiger partial charge in [-0.3, -0.25) is 0 Å². The number of rotatable bonds is 2. The van der Waals surface area contributed by atoms with Crippen molar-refractivity contribution in [2.45, 2.75) is 34.2 Å². The molecule has 0 aromatic heterocycles. The molecular weight excluding hydrogens is 244 g/mol. The van der Waals surface area contributed by atoms with Crippen LogP contribution in [0.5, 0.6) is 0 Å². The molecule has 2 heteroatoms. The molecule has 0 aliphatic rings. The summed E-state index contributed by atoms with van der Waals surface area (Å²) in [5.74, 6) is 0. The molecule has 0 saturated carbocycles. The van der Waals surface area contributed by atoms with E-state index in [9.17, 15) is 0 Å². The van der Waals surface area contributed by atoms with Crippen LogP contribution in [0.2, 0.25) is 0 Å². The summed E-state index contributed by atoms with van der Waals surface area (Å²) < 4.78 is 0. The zero-order valence-corrected chi connectivity index (χ0v) is 15.3. The van der Waals surface area contributed by atoms with E-state index in [2.05, 4.69) is 37.4 Å². The van der Waals surface area contributed by atoms with E-state index in [1.54, 1.807) is 0 Å². The SMILES string of the molecule is CC.C[N-]Cc1ccc(C)cc1C.[Rb+]. The Morgan fingerprint density at radius 1 is 1.14 bits per heavy atom. The van der Waals surface area contributed by atoms with Crippen LogP contribution < -0.4 is 58.2 Å². The molecule has 0 radical (unpaired) electrons. The Kier molecular flexibility index (Phi) is 13.0. The van der Waals surface area contributed by atoms with Gasteiger partial charge >= 0.3 is 58.2 Å². The molecule has 0 aliphatic heterocycles.